The molecule has 2 aromatic heterocycles. The number of furan rings is 1. The maximum absolute atomic E-state index is 6.21. The molecule has 0 N–H and O–H groups in total. The molecule has 25 heavy (non-hydrogen) atoms. The molecule has 4 rings (SSSR count). The maximum Gasteiger partial charge on any atom is 0.118 e. The second-order valence-electron chi connectivity index (χ2n) is 7.02. The van der Waals surface area contributed by atoms with Crippen molar-refractivity contribution < 1.29 is 13.9 Å². The highest BCUT2D eigenvalue weighted by atomic mass is 16.5. The summed E-state index contributed by atoms with van der Waals surface area (Å²) in [6, 6.07) is 6.50. The Morgan fingerprint density at radius 1 is 1.36 bits per heavy atom. The quantitative estimate of drug-likeness (QED) is 0.722. The largest absolute Gasteiger partial charge is 0.465 e. The fourth-order valence-electron chi connectivity index (χ4n) is 4.00. The molecule has 136 valence electrons. The maximum atomic E-state index is 6.21. The van der Waals surface area contributed by atoms with Crippen LogP contribution in [0.1, 0.15) is 30.8 Å². The molecule has 4 heterocycles. The molecule has 2 aliphatic heterocycles. The molecule has 0 spiro atoms. The van der Waals surface area contributed by atoms with Gasteiger partial charge in [0.2, 0.25) is 0 Å². The van der Waals surface area contributed by atoms with E-state index in [9.17, 15) is 0 Å². The Morgan fingerprint density at radius 3 is 3.12 bits per heavy atom. The fourth-order valence-corrected chi connectivity index (χ4v) is 4.00. The summed E-state index contributed by atoms with van der Waals surface area (Å²) in [7, 11) is 0. The minimum Gasteiger partial charge on any atom is -0.465 e. The lowest BCUT2D eigenvalue weighted by Gasteiger charge is -2.32. The third-order valence-electron chi connectivity index (χ3n) is 5.16. The summed E-state index contributed by atoms with van der Waals surface area (Å²) < 4.78 is 20.0. The van der Waals surface area contributed by atoms with E-state index < -0.39 is 0 Å². The van der Waals surface area contributed by atoms with Crippen LogP contribution in [-0.4, -0.2) is 52.7 Å². The average molecular weight is 345 g/mol. The Labute approximate surface area is 148 Å². The van der Waals surface area contributed by atoms with Crippen LogP contribution in [0.2, 0.25) is 0 Å². The highest BCUT2D eigenvalue weighted by Gasteiger charge is 2.44. The molecule has 0 amide bonds. The van der Waals surface area contributed by atoms with Crippen LogP contribution in [0.3, 0.4) is 0 Å². The first-order chi connectivity index (χ1) is 12.3. The molecule has 0 radical (unpaired) electrons. The number of aryl methyl sites for hydroxylation is 2. The van der Waals surface area contributed by atoms with Crippen molar-refractivity contribution in [3.8, 4) is 0 Å². The van der Waals surface area contributed by atoms with Gasteiger partial charge in [0.05, 0.1) is 12.6 Å². The lowest BCUT2D eigenvalue weighted by molar-refractivity contribution is -0.0781. The standard InChI is InChI=1S/C19H27N3O3/c1-15-6-7-16(25-15)13-21-14-18(19-17(21)5-2-11-24-19)23-12-4-10-22-9-3-8-20-22/h3,6-9,17-19H,2,4-5,10-14H2,1H3/t17-,18-,19+/m0/s1. The van der Waals surface area contributed by atoms with Crippen molar-refractivity contribution in [2.24, 2.45) is 0 Å². The third kappa shape index (κ3) is 3.97. The van der Waals surface area contributed by atoms with Gasteiger partial charge in [-0.1, -0.05) is 0 Å². The second-order valence-corrected chi connectivity index (χ2v) is 7.02. The number of likely N-dealkylation sites (tertiary alicyclic amines) is 1. The SMILES string of the molecule is Cc1ccc(CN2C[C@H](OCCCn3cccn3)[C@@H]3OCCC[C@@H]32)o1. The summed E-state index contributed by atoms with van der Waals surface area (Å²) in [4.78, 5) is 2.47. The lowest BCUT2D eigenvalue weighted by atomic mass is 10.0. The number of hydrogen-bond donors (Lipinski definition) is 0. The number of fused-ring (bicyclic) bond motifs is 1. The van der Waals surface area contributed by atoms with E-state index in [0.29, 0.717) is 6.04 Å². The monoisotopic (exact) mass is 345 g/mol. The Bertz CT molecular complexity index is 655. The summed E-state index contributed by atoms with van der Waals surface area (Å²) in [5, 5.41) is 4.23. The van der Waals surface area contributed by atoms with Gasteiger partial charge in [0, 0.05) is 44.7 Å². The second kappa shape index (κ2) is 7.72. The summed E-state index contributed by atoms with van der Waals surface area (Å²) in [6.07, 6.45) is 7.41. The van der Waals surface area contributed by atoms with Crippen molar-refractivity contribution in [3.05, 3.63) is 42.1 Å². The molecule has 0 bridgehead atoms. The molecule has 2 aromatic rings. The van der Waals surface area contributed by atoms with E-state index in [0.717, 1.165) is 57.2 Å². The fraction of sp³-hybridized carbons (Fsp3) is 0.632. The van der Waals surface area contributed by atoms with Crippen LogP contribution >= 0.6 is 0 Å². The predicted octanol–water partition coefficient (Wildman–Crippen LogP) is 2.62. The highest BCUT2D eigenvalue weighted by molar-refractivity contribution is 5.07. The van der Waals surface area contributed by atoms with Crippen molar-refractivity contribution in [2.75, 3.05) is 19.8 Å². The van der Waals surface area contributed by atoms with Crippen molar-refractivity contribution >= 4 is 0 Å². The Kier molecular flexibility index (Phi) is 5.20. The van der Waals surface area contributed by atoms with Crippen LogP contribution in [0.25, 0.3) is 0 Å². The zero-order chi connectivity index (χ0) is 17.1. The van der Waals surface area contributed by atoms with Gasteiger partial charge in [0.25, 0.3) is 0 Å². The molecule has 6 nitrogen and oxygen atoms in total. The summed E-state index contributed by atoms with van der Waals surface area (Å²) in [5.41, 5.74) is 0. The Morgan fingerprint density at radius 2 is 2.32 bits per heavy atom. The topological polar surface area (TPSA) is 52.7 Å². The van der Waals surface area contributed by atoms with Crippen molar-refractivity contribution in [1.29, 1.82) is 0 Å². The van der Waals surface area contributed by atoms with Gasteiger partial charge in [0.15, 0.2) is 0 Å². The molecule has 0 aliphatic carbocycles. The van der Waals surface area contributed by atoms with Gasteiger partial charge >= 0.3 is 0 Å². The molecule has 0 aromatic carbocycles. The molecule has 6 heteroatoms. The molecule has 2 aliphatic rings. The van der Waals surface area contributed by atoms with Gasteiger partial charge in [0.1, 0.15) is 17.6 Å². The lowest BCUT2D eigenvalue weighted by Crippen LogP contribution is -2.41. The van der Waals surface area contributed by atoms with Crippen LogP contribution < -0.4 is 0 Å². The molecular formula is C19H27N3O3. The number of rotatable bonds is 7. The van der Waals surface area contributed by atoms with Crippen molar-refractivity contribution in [1.82, 2.24) is 14.7 Å². The van der Waals surface area contributed by atoms with E-state index in [4.69, 9.17) is 13.9 Å². The smallest absolute Gasteiger partial charge is 0.118 e. The first-order valence-corrected chi connectivity index (χ1v) is 9.29. The third-order valence-corrected chi connectivity index (χ3v) is 5.16. The molecular weight excluding hydrogens is 318 g/mol. The van der Waals surface area contributed by atoms with Gasteiger partial charge < -0.3 is 13.9 Å². The number of aromatic nitrogens is 2. The normalized spacial score (nSPS) is 26.8. The average Bonchev–Trinajstić information content (AvgIpc) is 3.34. The molecule has 2 fully saturated rings. The van der Waals surface area contributed by atoms with Crippen molar-refractivity contribution in [3.63, 3.8) is 0 Å². The number of nitrogens with zero attached hydrogens (tertiary/aromatic N) is 3. The van der Waals surface area contributed by atoms with Gasteiger partial charge in [-0.2, -0.15) is 5.10 Å². The molecule has 2 saturated heterocycles. The first kappa shape index (κ1) is 16.8. The van der Waals surface area contributed by atoms with Gasteiger partial charge in [-0.15, -0.1) is 0 Å². The number of ether oxygens (including phenoxy) is 2. The summed E-state index contributed by atoms with van der Waals surface area (Å²) in [6.45, 7) is 6.23. The minimum atomic E-state index is 0.152. The van der Waals surface area contributed by atoms with E-state index in [1.807, 2.05) is 36.1 Å². The zero-order valence-electron chi connectivity index (χ0n) is 14.8. The first-order valence-electron chi connectivity index (χ1n) is 9.29. The van der Waals surface area contributed by atoms with Gasteiger partial charge in [-0.3, -0.25) is 9.58 Å². The van der Waals surface area contributed by atoms with E-state index in [-0.39, 0.29) is 12.2 Å². The molecule has 0 unspecified atom stereocenters. The predicted molar refractivity (Wildman–Crippen MR) is 93.2 cm³/mol. The van der Waals surface area contributed by atoms with E-state index in [2.05, 4.69) is 16.1 Å². The van der Waals surface area contributed by atoms with Gasteiger partial charge in [-0.05, 0) is 44.4 Å². The highest BCUT2D eigenvalue weighted by Crippen LogP contribution is 2.32. The van der Waals surface area contributed by atoms with Crippen LogP contribution in [0.5, 0.6) is 0 Å². The molecule has 3 atom stereocenters. The summed E-state index contributed by atoms with van der Waals surface area (Å²) >= 11 is 0. The minimum absolute atomic E-state index is 0.152. The molecule has 0 saturated carbocycles. The van der Waals surface area contributed by atoms with E-state index in [1.165, 1.54) is 6.42 Å². The van der Waals surface area contributed by atoms with Crippen LogP contribution in [0.4, 0.5) is 0 Å². The summed E-state index contributed by atoms with van der Waals surface area (Å²) in [5.74, 6) is 2.00. The Hall–Kier alpha value is -1.63. The van der Waals surface area contributed by atoms with E-state index >= 15 is 0 Å². The van der Waals surface area contributed by atoms with E-state index in [1.54, 1.807) is 0 Å². The van der Waals surface area contributed by atoms with Crippen LogP contribution in [0, 0.1) is 6.92 Å². The Balaban J connectivity index is 1.31. The van der Waals surface area contributed by atoms with Crippen LogP contribution in [0.15, 0.2) is 35.0 Å². The van der Waals surface area contributed by atoms with Crippen LogP contribution in [-0.2, 0) is 22.6 Å². The number of hydrogen-bond acceptors (Lipinski definition) is 5. The van der Waals surface area contributed by atoms with Crippen molar-refractivity contribution in [2.45, 2.75) is 57.5 Å². The zero-order valence-corrected chi connectivity index (χ0v) is 14.8. The van der Waals surface area contributed by atoms with Gasteiger partial charge in [-0.25, -0.2) is 0 Å².